The molecule has 118 valence electrons. The molecule has 0 aliphatic carbocycles. The van der Waals surface area contributed by atoms with Crippen LogP contribution in [-0.2, 0) is 20.2 Å². The summed E-state index contributed by atoms with van der Waals surface area (Å²) < 4.78 is 17.8. The number of hydrogen-bond donors (Lipinski definition) is 1. The van der Waals surface area contributed by atoms with Crippen LogP contribution in [0.1, 0.15) is 37.3 Å². The minimum absolute atomic E-state index is 0.0201. The first-order chi connectivity index (χ1) is 10.7. The number of aliphatic hydroxyl groups is 1. The van der Waals surface area contributed by atoms with Crippen LogP contribution >= 0.6 is 0 Å². The maximum atomic E-state index is 8.74. The molecule has 1 aromatic carbocycles. The second-order valence-electron chi connectivity index (χ2n) is 6.02. The van der Waals surface area contributed by atoms with Crippen LogP contribution < -0.4 is 0 Å². The molecule has 0 spiro atoms. The smallest absolute Gasteiger partial charge is 0.312 e. The molecular formula is C18H22O4. The molecule has 2 bridgehead atoms. The predicted molar refractivity (Wildman–Crippen MR) is 81.9 cm³/mol. The third-order valence-corrected chi connectivity index (χ3v) is 4.19. The van der Waals surface area contributed by atoms with E-state index in [2.05, 4.69) is 18.8 Å². The Bertz CT molecular complexity index is 542. The van der Waals surface area contributed by atoms with Crippen molar-refractivity contribution in [2.24, 2.45) is 5.41 Å². The molecule has 4 rings (SSSR count). The van der Waals surface area contributed by atoms with Gasteiger partial charge in [-0.15, -0.1) is 0 Å². The lowest BCUT2D eigenvalue weighted by Gasteiger charge is -2.51. The zero-order valence-corrected chi connectivity index (χ0v) is 12.9. The summed E-state index contributed by atoms with van der Waals surface area (Å²) in [5, 5.41) is 8.74. The van der Waals surface area contributed by atoms with Crippen molar-refractivity contribution in [3.8, 4) is 11.8 Å². The van der Waals surface area contributed by atoms with Crippen LogP contribution in [0, 0.1) is 17.3 Å². The largest absolute Gasteiger partial charge is 0.395 e. The number of ether oxygens (including phenoxy) is 3. The fourth-order valence-corrected chi connectivity index (χ4v) is 2.97. The van der Waals surface area contributed by atoms with Crippen LogP contribution in [0.2, 0.25) is 0 Å². The highest BCUT2D eigenvalue weighted by Gasteiger charge is 2.53. The highest BCUT2D eigenvalue weighted by Crippen LogP contribution is 2.46. The molecule has 0 unspecified atom stereocenters. The molecule has 3 aliphatic heterocycles. The van der Waals surface area contributed by atoms with Gasteiger partial charge in [0.05, 0.1) is 26.4 Å². The van der Waals surface area contributed by atoms with Crippen molar-refractivity contribution in [1.82, 2.24) is 0 Å². The quantitative estimate of drug-likeness (QED) is 0.868. The molecule has 4 heteroatoms. The second kappa shape index (κ2) is 6.39. The van der Waals surface area contributed by atoms with Gasteiger partial charge in [0.15, 0.2) is 0 Å². The van der Waals surface area contributed by atoms with Crippen LogP contribution in [0.5, 0.6) is 0 Å². The lowest BCUT2D eigenvalue weighted by atomic mass is 9.83. The number of rotatable bonds is 4. The normalized spacial score (nSPS) is 29.9. The molecule has 0 amide bonds. The van der Waals surface area contributed by atoms with E-state index >= 15 is 0 Å². The van der Waals surface area contributed by atoms with E-state index in [1.165, 1.54) is 0 Å². The summed E-state index contributed by atoms with van der Waals surface area (Å²) >= 11 is 0. The van der Waals surface area contributed by atoms with Gasteiger partial charge in [-0.1, -0.05) is 25.2 Å². The van der Waals surface area contributed by atoms with Crippen molar-refractivity contribution in [3.05, 3.63) is 35.4 Å². The van der Waals surface area contributed by atoms with Gasteiger partial charge in [-0.05, 0) is 30.7 Å². The summed E-state index contributed by atoms with van der Waals surface area (Å²) in [6.45, 7) is 4.29. The summed E-state index contributed by atoms with van der Waals surface area (Å²) in [5.74, 6) is 4.86. The number of aliphatic hydroxyl groups excluding tert-OH is 1. The second-order valence-corrected chi connectivity index (χ2v) is 6.02. The van der Waals surface area contributed by atoms with Crippen molar-refractivity contribution in [2.45, 2.75) is 32.2 Å². The van der Waals surface area contributed by atoms with Gasteiger partial charge >= 0.3 is 5.97 Å². The zero-order valence-electron chi connectivity index (χ0n) is 12.9. The molecular weight excluding hydrogens is 280 g/mol. The molecule has 0 atom stereocenters. The molecule has 0 aromatic heterocycles. The van der Waals surface area contributed by atoms with Gasteiger partial charge < -0.3 is 19.3 Å². The molecule has 3 aliphatic rings. The highest BCUT2D eigenvalue weighted by atomic mass is 16.9. The van der Waals surface area contributed by atoms with E-state index in [0.717, 1.165) is 24.0 Å². The third-order valence-electron chi connectivity index (χ3n) is 4.19. The van der Waals surface area contributed by atoms with E-state index in [0.29, 0.717) is 26.2 Å². The molecule has 22 heavy (non-hydrogen) atoms. The monoisotopic (exact) mass is 302 g/mol. The lowest BCUT2D eigenvalue weighted by Crippen LogP contribution is -2.58. The van der Waals surface area contributed by atoms with Gasteiger partial charge in [0.1, 0.15) is 0 Å². The maximum absolute atomic E-state index is 8.74. The molecule has 1 aromatic rings. The molecule has 3 saturated heterocycles. The van der Waals surface area contributed by atoms with Gasteiger partial charge in [-0.3, -0.25) is 0 Å². The van der Waals surface area contributed by atoms with Crippen molar-refractivity contribution in [1.29, 1.82) is 0 Å². The molecule has 3 heterocycles. The average Bonchev–Trinajstić information content (AvgIpc) is 2.57. The van der Waals surface area contributed by atoms with Crippen LogP contribution in [0.3, 0.4) is 0 Å². The van der Waals surface area contributed by atoms with Gasteiger partial charge in [-0.25, -0.2) is 0 Å². The third kappa shape index (κ3) is 2.90. The van der Waals surface area contributed by atoms with Crippen molar-refractivity contribution in [2.75, 3.05) is 26.4 Å². The fraction of sp³-hybridized carbons (Fsp3) is 0.556. The number of fused-ring (bicyclic) bond motifs is 3. The molecule has 4 nitrogen and oxygen atoms in total. The Kier molecular flexibility index (Phi) is 4.51. The summed E-state index contributed by atoms with van der Waals surface area (Å²) in [6, 6.07) is 7.71. The Hall–Kier alpha value is -1.38. The molecule has 0 radical (unpaired) electrons. The van der Waals surface area contributed by atoms with Gasteiger partial charge in [-0.2, -0.15) is 0 Å². The van der Waals surface area contributed by atoms with E-state index in [9.17, 15) is 0 Å². The predicted octanol–water partition coefficient (Wildman–Crippen LogP) is 2.39. The Labute approximate surface area is 131 Å². The van der Waals surface area contributed by atoms with E-state index in [1.54, 1.807) is 0 Å². The fourth-order valence-electron chi connectivity index (χ4n) is 2.97. The number of hydrogen-bond acceptors (Lipinski definition) is 4. The summed E-state index contributed by atoms with van der Waals surface area (Å²) in [7, 11) is 0. The average molecular weight is 302 g/mol. The minimum atomic E-state index is -1.05. The summed E-state index contributed by atoms with van der Waals surface area (Å²) in [6.07, 6.45) is 2.65. The summed E-state index contributed by atoms with van der Waals surface area (Å²) in [5.41, 5.74) is 1.79. The van der Waals surface area contributed by atoms with E-state index in [-0.39, 0.29) is 12.0 Å². The molecule has 3 fully saturated rings. The van der Waals surface area contributed by atoms with E-state index in [4.69, 9.17) is 19.3 Å². The Morgan fingerprint density at radius 1 is 1.09 bits per heavy atom. The topological polar surface area (TPSA) is 47.9 Å². The van der Waals surface area contributed by atoms with Gasteiger partial charge in [0.2, 0.25) is 0 Å². The Morgan fingerprint density at radius 3 is 2.27 bits per heavy atom. The van der Waals surface area contributed by atoms with Crippen LogP contribution in [-0.4, -0.2) is 31.5 Å². The maximum Gasteiger partial charge on any atom is 0.312 e. The highest BCUT2D eigenvalue weighted by molar-refractivity contribution is 5.37. The summed E-state index contributed by atoms with van der Waals surface area (Å²) in [4.78, 5) is 0. The standard InChI is InChI=1S/C18H22O4/c1-2-10-17-12-20-18(21-13-17,22-14-17)16-8-6-15(7-9-16)5-3-4-11-19/h6-9,19H,2,4,10-14H2,1H3. The first-order valence-corrected chi connectivity index (χ1v) is 7.84. The minimum Gasteiger partial charge on any atom is -0.395 e. The van der Waals surface area contributed by atoms with Crippen LogP contribution in [0.25, 0.3) is 0 Å². The van der Waals surface area contributed by atoms with Crippen molar-refractivity contribution < 1.29 is 19.3 Å². The lowest BCUT2D eigenvalue weighted by molar-refractivity contribution is -0.480. The first-order valence-electron chi connectivity index (χ1n) is 7.84. The SMILES string of the molecule is CCCC12COC(c3ccc(C#CCCO)cc3)(OC1)OC2. The van der Waals surface area contributed by atoms with Gasteiger partial charge in [0.25, 0.3) is 0 Å². The van der Waals surface area contributed by atoms with Crippen molar-refractivity contribution in [3.63, 3.8) is 0 Å². The Balaban J connectivity index is 1.72. The first kappa shape index (κ1) is 15.5. The van der Waals surface area contributed by atoms with Crippen LogP contribution in [0.15, 0.2) is 24.3 Å². The molecule has 0 saturated carbocycles. The number of benzene rings is 1. The Morgan fingerprint density at radius 2 is 1.73 bits per heavy atom. The zero-order chi connectivity index (χ0) is 15.5. The van der Waals surface area contributed by atoms with E-state index in [1.807, 2.05) is 24.3 Å². The van der Waals surface area contributed by atoms with Gasteiger partial charge in [0, 0.05) is 23.0 Å². The van der Waals surface area contributed by atoms with Crippen LogP contribution in [0.4, 0.5) is 0 Å². The van der Waals surface area contributed by atoms with Crippen molar-refractivity contribution >= 4 is 0 Å². The van der Waals surface area contributed by atoms with E-state index < -0.39 is 5.97 Å². The molecule has 1 N–H and O–H groups in total.